The number of fused-ring (bicyclic) bond motifs is 1. The fourth-order valence-corrected chi connectivity index (χ4v) is 2.75. The second-order valence-electron chi connectivity index (χ2n) is 5.12. The van der Waals surface area contributed by atoms with Crippen LogP contribution in [0.4, 0.5) is 0 Å². The molecule has 0 aliphatic rings. The summed E-state index contributed by atoms with van der Waals surface area (Å²) in [7, 11) is 1.72. The molecule has 0 aromatic heterocycles. The van der Waals surface area contributed by atoms with Crippen molar-refractivity contribution in [3.8, 4) is 5.75 Å². The summed E-state index contributed by atoms with van der Waals surface area (Å²) in [4.78, 5) is 1.39. The molecule has 2 aromatic rings. The fraction of sp³-hybridized carbons (Fsp3) is 0.412. The lowest BCUT2D eigenvalue weighted by atomic mass is 10.0. The molecular weight excluding hydrogens is 250 g/mol. The third kappa shape index (κ3) is 3.30. The Morgan fingerprint density at radius 2 is 1.90 bits per heavy atom. The smallest absolute Gasteiger partial charge is 0.128 e. The first-order valence-corrected chi connectivity index (χ1v) is 7.29. The standard InChI is InChI=1S/C17H23NO2/c1-3-10-18(11-12-19)13-16-15-7-5-4-6-14(15)8-9-17(16)20-2/h4-9,19H,3,10-13H2,1-2H3/p+1. The van der Waals surface area contributed by atoms with Crippen molar-refractivity contribution in [2.75, 3.05) is 26.8 Å². The van der Waals surface area contributed by atoms with E-state index >= 15 is 0 Å². The van der Waals surface area contributed by atoms with Gasteiger partial charge in [-0.15, -0.1) is 0 Å². The number of nitrogens with one attached hydrogen (secondary N) is 1. The number of benzene rings is 2. The first kappa shape index (κ1) is 14.8. The number of methoxy groups -OCH3 is 1. The van der Waals surface area contributed by atoms with Gasteiger partial charge in [0.25, 0.3) is 0 Å². The van der Waals surface area contributed by atoms with Crippen molar-refractivity contribution in [3.05, 3.63) is 42.0 Å². The molecule has 2 N–H and O–H groups in total. The van der Waals surface area contributed by atoms with E-state index in [1.165, 1.54) is 21.2 Å². The molecule has 3 heteroatoms. The van der Waals surface area contributed by atoms with E-state index in [4.69, 9.17) is 4.74 Å². The number of hydrogen-bond donors (Lipinski definition) is 2. The summed E-state index contributed by atoms with van der Waals surface area (Å²) in [5.41, 5.74) is 1.24. The van der Waals surface area contributed by atoms with Gasteiger partial charge >= 0.3 is 0 Å². The maximum Gasteiger partial charge on any atom is 0.128 e. The molecule has 0 saturated carbocycles. The Bertz CT molecular complexity index is 548. The van der Waals surface area contributed by atoms with E-state index in [9.17, 15) is 5.11 Å². The van der Waals surface area contributed by atoms with Crippen molar-refractivity contribution in [1.29, 1.82) is 0 Å². The summed E-state index contributed by atoms with van der Waals surface area (Å²) >= 11 is 0. The van der Waals surface area contributed by atoms with Crippen molar-refractivity contribution in [2.45, 2.75) is 19.9 Å². The SMILES string of the molecule is CCC[NH+](CCO)Cc1c(OC)ccc2ccccc12. The molecule has 108 valence electrons. The number of quaternary nitrogens is 1. The van der Waals surface area contributed by atoms with Crippen LogP contribution < -0.4 is 9.64 Å². The van der Waals surface area contributed by atoms with Gasteiger partial charge < -0.3 is 14.7 Å². The van der Waals surface area contributed by atoms with Crippen molar-refractivity contribution in [3.63, 3.8) is 0 Å². The molecule has 0 fully saturated rings. The van der Waals surface area contributed by atoms with E-state index < -0.39 is 0 Å². The lowest BCUT2D eigenvalue weighted by molar-refractivity contribution is -0.914. The fourth-order valence-electron chi connectivity index (χ4n) is 2.75. The lowest BCUT2D eigenvalue weighted by Crippen LogP contribution is -3.11. The van der Waals surface area contributed by atoms with Gasteiger partial charge in [0.15, 0.2) is 0 Å². The Kier molecular flexibility index (Phi) is 5.39. The second-order valence-corrected chi connectivity index (χ2v) is 5.12. The van der Waals surface area contributed by atoms with E-state index in [2.05, 4.69) is 37.3 Å². The molecule has 0 saturated heterocycles. The van der Waals surface area contributed by atoms with Crippen LogP contribution in [0.1, 0.15) is 18.9 Å². The molecule has 0 bridgehead atoms. The summed E-state index contributed by atoms with van der Waals surface area (Å²) in [6.07, 6.45) is 1.11. The van der Waals surface area contributed by atoms with Crippen LogP contribution in [-0.2, 0) is 6.54 Å². The summed E-state index contributed by atoms with van der Waals surface area (Å²) in [6, 6.07) is 12.5. The van der Waals surface area contributed by atoms with Crippen LogP contribution >= 0.6 is 0 Å². The van der Waals surface area contributed by atoms with Gasteiger partial charge in [-0.05, 0) is 23.3 Å². The van der Waals surface area contributed by atoms with Crippen LogP contribution in [0.3, 0.4) is 0 Å². The highest BCUT2D eigenvalue weighted by molar-refractivity contribution is 5.87. The number of hydrogen-bond acceptors (Lipinski definition) is 2. The third-order valence-corrected chi connectivity index (χ3v) is 3.71. The van der Waals surface area contributed by atoms with Gasteiger partial charge in [0, 0.05) is 0 Å². The van der Waals surface area contributed by atoms with E-state index in [1.807, 2.05) is 6.07 Å². The van der Waals surface area contributed by atoms with Crippen LogP contribution in [0.25, 0.3) is 10.8 Å². The third-order valence-electron chi connectivity index (χ3n) is 3.71. The molecule has 2 rings (SSSR count). The maximum absolute atomic E-state index is 9.23. The minimum absolute atomic E-state index is 0.225. The van der Waals surface area contributed by atoms with Gasteiger partial charge in [0.2, 0.25) is 0 Å². The van der Waals surface area contributed by atoms with Gasteiger partial charge in [-0.2, -0.15) is 0 Å². The zero-order chi connectivity index (χ0) is 14.4. The maximum atomic E-state index is 9.23. The Labute approximate surface area is 120 Å². The highest BCUT2D eigenvalue weighted by atomic mass is 16.5. The normalized spacial score (nSPS) is 12.6. The molecule has 0 aliphatic heterocycles. The van der Waals surface area contributed by atoms with Crippen LogP contribution in [0.2, 0.25) is 0 Å². The number of ether oxygens (including phenoxy) is 1. The number of aliphatic hydroxyl groups is 1. The minimum atomic E-state index is 0.225. The zero-order valence-corrected chi connectivity index (χ0v) is 12.4. The van der Waals surface area contributed by atoms with Crippen molar-refractivity contribution < 1.29 is 14.7 Å². The molecule has 0 spiro atoms. The molecular formula is C17H24NO2+. The van der Waals surface area contributed by atoms with Crippen molar-refractivity contribution in [1.82, 2.24) is 0 Å². The molecule has 0 heterocycles. The van der Waals surface area contributed by atoms with E-state index in [0.717, 1.165) is 31.8 Å². The van der Waals surface area contributed by atoms with Gasteiger partial charge in [0.05, 0.1) is 25.8 Å². The molecule has 1 unspecified atom stereocenters. The molecule has 0 radical (unpaired) electrons. The van der Waals surface area contributed by atoms with Gasteiger partial charge in [0.1, 0.15) is 18.8 Å². The lowest BCUT2D eigenvalue weighted by Gasteiger charge is -2.20. The van der Waals surface area contributed by atoms with Crippen molar-refractivity contribution in [2.24, 2.45) is 0 Å². The topological polar surface area (TPSA) is 33.9 Å². The molecule has 1 atom stereocenters. The molecule has 0 aliphatic carbocycles. The molecule has 2 aromatic carbocycles. The van der Waals surface area contributed by atoms with Gasteiger partial charge in [-0.1, -0.05) is 37.3 Å². The van der Waals surface area contributed by atoms with E-state index in [-0.39, 0.29) is 6.61 Å². The highest BCUT2D eigenvalue weighted by Crippen LogP contribution is 2.27. The monoisotopic (exact) mass is 274 g/mol. The summed E-state index contributed by atoms with van der Waals surface area (Å²) in [5, 5.41) is 11.7. The van der Waals surface area contributed by atoms with E-state index in [1.54, 1.807) is 7.11 Å². The highest BCUT2D eigenvalue weighted by Gasteiger charge is 2.15. The van der Waals surface area contributed by atoms with E-state index in [0.29, 0.717) is 0 Å². The Balaban J connectivity index is 2.39. The largest absolute Gasteiger partial charge is 0.496 e. The average Bonchev–Trinajstić information content (AvgIpc) is 2.48. The van der Waals surface area contributed by atoms with Crippen LogP contribution in [0, 0.1) is 0 Å². The summed E-state index contributed by atoms with van der Waals surface area (Å²) in [5.74, 6) is 0.940. The molecule has 3 nitrogen and oxygen atoms in total. The molecule has 20 heavy (non-hydrogen) atoms. The van der Waals surface area contributed by atoms with Crippen LogP contribution in [0.15, 0.2) is 36.4 Å². The Morgan fingerprint density at radius 3 is 2.60 bits per heavy atom. The summed E-state index contributed by atoms with van der Waals surface area (Å²) < 4.78 is 5.53. The first-order chi connectivity index (χ1) is 9.80. The Hall–Kier alpha value is -1.58. The van der Waals surface area contributed by atoms with Gasteiger partial charge in [-0.25, -0.2) is 0 Å². The Morgan fingerprint density at radius 1 is 1.10 bits per heavy atom. The summed E-state index contributed by atoms with van der Waals surface area (Å²) in [6.45, 7) is 5.13. The van der Waals surface area contributed by atoms with Gasteiger partial charge in [-0.3, -0.25) is 0 Å². The first-order valence-electron chi connectivity index (χ1n) is 7.29. The van der Waals surface area contributed by atoms with Crippen molar-refractivity contribution >= 4 is 10.8 Å². The second kappa shape index (κ2) is 7.27. The van der Waals surface area contributed by atoms with Crippen LogP contribution in [-0.4, -0.2) is 31.9 Å². The molecule has 0 amide bonds. The predicted octanol–water partition coefficient (Wildman–Crippen LogP) is 1.64. The predicted molar refractivity (Wildman–Crippen MR) is 82.3 cm³/mol. The quantitative estimate of drug-likeness (QED) is 0.805. The minimum Gasteiger partial charge on any atom is -0.496 e. The number of aliphatic hydroxyl groups excluding tert-OH is 1. The average molecular weight is 274 g/mol. The number of rotatable bonds is 7. The van der Waals surface area contributed by atoms with Crippen LogP contribution in [0.5, 0.6) is 5.75 Å². The zero-order valence-electron chi connectivity index (χ0n) is 12.4.